The van der Waals surface area contributed by atoms with Crippen molar-refractivity contribution in [2.45, 2.75) is 19.4 Å². The largest absolute Gasteiger partial charge is 0.382 e. The second-order valence-electron chi connectivity index (χ2n) is 6.54. The summed E-state index contributed by atoms with van der Waals surface area (Å²) in [5, 5.41) is 3.48. The van der Waals surface area contributed by atoms with Crippen LogP contribution in [0.2, 0.25) is 0 Å². The molecule has 1 aliphatic rings. The first-order valence-corrected chi connectivity index (χ1v) is 9.62. The van der Waals surface area contributed by atoms with Crippen LogP contribution in [0.4, 0.5) is 0 Å². The highest BCUT2D eigenvalue weighted by Gasteiger charge is 2.19. The molecule has 1 aliphatic heterocycles. The van der Waals surface area contributed by atoms with E-state index >= 15 is 0 Å². The van der Waals surface area contributed by atoms with Crippen LogP contribution >= 0.6 is 0 Å². The van der Waals surface area contributed by atoms with Crippen LogP contribution in [-0.4, -0.2) is 82.5 Å². The standard InChI is InChI=1S/C20H34N4O2/c1-21-20(22-10-6-7-15-26-17-16-25-2)24-13-11-23(12-14-24)18-19-8-4-3-5-9-19/h3-5,8-9H,6-7,10-18H2,1-2H3,(H,21,22). The number of aliphatic imine (C=N–C) groups is 1. The predicted molar refractivity (Wildman–Crippen MR) is 107 cm³/mol. The Bertz CT molecular complexity index is 502. The molecule has 1 saturated heterocycles. The highest BCUT2D eigenvalue weighted by molar-refractivity contribution is 5.79. The molecule has 1 heterocycles. The molecule has 1 N–H and O–H groups in total. The molecule has 0 bridgehead atoms. The van der Waals surface area contributed by atoms with Crippen LogP contribution in [0.15, 0.2) is 35.3 Å². The van der Waals surface area contributed by atoms with Gasteiger partial charge in [-0.3, -0.25) is 9.89 Å². The maximum atomic E-state index is 5.49. The summed E-state index contributed by atoms with van der Waals surface area (Å²) in [5.74, 6) is 1.02. The number of nitrogens with zero attached hydrogens (tertiary/aromatic N) is 3. The van der Waals surface area contributed by atoms with Gasteiger partial charge in [-0.05, 0) is 18.4 Å². The van der Waals surface area contributed by atoms with E-state index in [0.29, 0.717) is 13.2 Å². The highest BCUT2D eigenvalue weighted by atomic mass is 16.5. The number of guanidine groups is 1. The van der Waals surface area contributed by atoms with Gasteiger partial charge in [-0.2, -0.15) is 0 Å². The zero-order chi connectivity index (χ0) is 18.5. The summed E-state index contributed by atoms with van der Waals surface area (Å²) < 4.78 is 10.4. The number of hydrogen-bond donors (Lipinski definition) is 1. The topological polar surface area (TPSA) is 49.3 Å². The fourth-order valence-corrected chi connectivity index (χ4v) is 3.07. The van der Waals surface area contributed by atoms with Gasteiger partial charge in [0.05, 0.1) is 13.2 Å². The van der Waals surface area contributed by atoms with Crippen molar-refractivity contribution in [3.05, 3.63) is 35.9 Å². The molecule has 1 fully saturated rings. The molecule has 0 atom stereocenters. The average molecular weight is 363 g/mol. The number of rotatable bonds is 10. The van der Waals surface area contributed by atoms with E-state index < -0.39 is 0 Å². The Morgan fingerprint density at radius 3 is 2.50 bits per heavy atom. The third kappa shape index (κ3) is 7.72. The van der Waals surface area contributed by atoms with Gasteiger partial charge in [-0.15, -0.1) is 0 Å². The molecule has 1 aromatic carbocycles. The number of methoxy groups -OCH3 is 1. The third-order valence-electron chi connectivity index (χ3n) is 4.56. The molecular formula is C20H34N4O2. The second kappa shape index (κ2) is 12.7. The molecule has 0 spiro atoms. The van der Waals surface area contributed by atoms with Crippen molar-refractivity contribution < 1.29 is 9.47 Å². The summed E-state index contributed by atoms with van der Waals surface area (Å²) in [6, 6.07) is 10.7. The van der Waals surface area contributed by atoms with Crippen molar-refractivity contribution in [3.8, 4) is 0 Å². The van der Waals surface area contributed by atoms with Crippen molar-refractivity contribution in [2.75, 3.05) is 66.7 Å². The molecule has 0 aromatic heterocycles. The van der Waals surface area contributed by atoms with E-state index in [1.807, 2.05) is 7.05 Å². The van der Waals surface area contributed by atoms with Crippen LogP contribution in [0.3, 0.4) is 0 Å². The first-order chi connectivity index (χ1) is 12.8. The normalized spacial score (nSPS) is 16.1. The molecule has 0 aliphatic carbocycles. The number of benzene rings is 1. The number of unbranched alkanes of at least 4 members (excludes halogenated alkanes) is 1. The Labute approximate surface area is 158 Å². The predicted octanol–water partition coefficient (Wildman–Crippen LogP) is 1.82. The van der Waals surface area contributed by atoms with Gasteiger partial charge in [-0.25, -0.2) is 0 Å². The van der Waals surface area contributed by atoms with E-state index in [2.05, 4.69) is 50.4 Å². The van der Waals surface area contributed by atoms with Crippen molar-refractivity contribution in [2.24, 2.45) is 4.99 Å². The van der Waals surface area contributed by atoms with E-state index in [9.17, 15) is 0 Å². The molecule has 0 saturated carbocycles. The summed E-state index contributed by atoms with van der Waals surface area (Å²) in [5.41, 5.74) is 1.39. The van der Waals surface area contributed by atoms with Crippen molar-refractivity contribution >= 4 is 5.96 Å². The second-order valence-corrected chi connectivity index (χ2v) is 6.54. The van der Waals surface area contributed by atoms with Crippen molar-refractivity contribution in [1.82, 2.24) is 15.1 Å². The lowest BCUT2D eigenvalue weighted by Gasteiger charge is -2.36. The van der Waals surface area contributed by atoms with Crippen LogP contribution in [0.1, 0.15) is 18.4 Å². The summed E-state index contributed by atoms with van der Waals surface area (Å²) in [7, 11) is 3.56. The van der Waals surface area contributed by atoms with Crippen molar-refractivity contribution in [3.63, 3.8) is 0 Å². The summed E-state index contributed by atoms with van der Waals surface area (Å²) in [6.45, 7) is 8.29. The molecular weight excluding hydrogens is 328 g/mol. The minimum Gasteiger partial charge on any atom is -0.382 e. The summed E-state index contributed by atoms with van der Waals surface area (Å²) in [6.07, 6.45) is 2.14. The molecule has 2 rings (SSSR count). The van der Waals surface area contributed by atoms with Gasteiger partial charge in [0, 0.05) is 60.0 Å². The molecule has 0 unspecified atom stereocenters. The molecule has 6 nitrogen and oxygen atoms in total. The van der Waals surface area contributed by atoms with E-state index in [4.69, 9.17) is 9.47 Å². The highest BCUT2D eigenvalue weighted by Crippen LogP contribution is 2.08. The Morgan fingerprint density at radius 2 is 1.81 bits per heavy atom. The first kappa shape index (κ1) is 20.7. The third-order valence-corrected chi connectivity index (χ3v) is 4.56. The van der Waals surface area contributed by atoms with E-state index in [1.54, 1.807) is 7.11 Å². The zero-order valence-corrected chi connectivity index (χ0v) is 16.3. The summed E-state index contributed by atoms with van der Waals surface area (Å²) >= 11 is 0. The van der Waals surface area contributed by atoms with Crippen LogP contribution in [0, 0.1) is 0 Å². The fourth-order valence-electron chi connectivity index (χ4n) is 3.07. The van der Waals surface area contributed by atoms with E-state index in [0.717, 1.165) is 64.7 Å². The molecule has 6 heteroatoms. The zero-order valence-electron chi connectivity index (χ0n) is 16.3. The Balaban J connectivity index is 1.59. The quantitative estimate of drug-likeness (QED) is 0.391. The summed E-state index contributed by atoms with van der Waals surface area (Å²) in [4.78, 5) is 9.31. The lowest BCUT2D eigenvalue weighted by Crippen LogP contribution is -2.52. The van der Waals surface area contributed by atoms with E-state index in [1.165, 1.54) is 5.56 Å². The maximum absolute atomic E-state index is 5.49. The fraction of sp³-hybridized carbons (Fsp3) is 0.650. The van der Waals surface area contributed by atoms with Crippen LogP contribution in [-0.2, 0) is 16.0 Å². The van der Waals surface area contributed by atoms with Crippen molar-refractivity contribution in [1.29, 1.82) is 0 Å². The average Bonchev–Trinajstić information content (AvgIpc) is 2.69. The first-order valence-electron chi connectivity index (χ1n) is 9.62. The number of piperazine rings is 1. The Hall–Kier alpha value is -1.63. The van der Waals surface area contributed by atoms with Crippen LogP contribution < -0.4 is 5.32 Å². The van der Waals surface area contributed by atoms with Gasteiger partial charge in [0.1, 0.15) is 0 Å². The molecule has 26 heavy (non-hydrogen) atoms. The number of nitrogens with one attached hydrogen (secondary N) is 1. The lowest BCUT2D eigenvalue weighted by atomic mass is 10.2. The Kier molecular flexibility index (Phi) is 10.1. The van der Waals surface area contributed by atoms with Gasteiger partial charge in [0.25, 0.3) is 0 Å². The minimum atomic E-state index is 0.668. The minimum absolute atomic E-state index is 0.668. The van der Waals surface area contributed by atoms with Gasteiger partial charge in [0.2, 0.25) is 0 Å². The SMILES string of the molecule is CN=C(NCCCCOCCOC)N1CCN(Cc2ccccc2)CC1. The maximum Gasteiger partial charge on any atom is 0.193 e. The van der Waals surface area contributed by atoms with E-state index in [-0.39, 0.29) is 0 Å². The van der Waals surface area contributed by atoms with Crippen LogP contribution in [0.25, 0.3) is 0 Å². The Morgan fingerprint density at radius 1 is 1.04 bits per heavy atom. The molecule has 1 aromatic rings. The number of hydrogen-bond acceptors (Lipinski definition) is 4. The smallest absolute Gasteiger partial charge is 0.193 e. The van der Waals surface area contributed by atoms with Gasteiger partial charge < -0.3 is 19.7 Å². The van der Waals surface area contributed by atoms with Gasteiger partial charge >= 0.3 is 0 Å². The number of ether oxygens (including phenoxy) is 2. The molecule has 146 valence electrons. The van der Waals surface area contributed by atoms with Gasteiger partial charge in [-0.1, -0.05) is 30.3 Å². The molecule has 0 amide bonds. The molecule has 0 radical (unpaired) electrons. The lowest BCUT2D eigenvalue weighted by molar-refractivity contribution is 0.0689. The van der Waals surface area contributed by atoms with Crippen LogP contribution in [0.5, 0.6) is 0 Å². The monoisotopic (exact) mass is 362 g/mol. The van der Waals surface area contributed by atoms with Gasteiger partial charge in [0.15, 0.2) is 5.96 Å².